The van der Waals surface area contributed by atoms with Gasteiger partial charge in [0.05, 0.1) is 10.6 Å². The van der Waals surface area contributed by atoms with Crippen LogP contribution in [0.25, 0.3) is 11.0 Å². The van der Waals surface area contributed by atoms with Crippen molar-refractivity contribution in [3.8, 4) is 0 Å². The fraction of sp³-hybridized carbons (Fsp3) is 0. The fourth-order valence-corrected chi connectivity index (χ4v) is 4.04. The molecule has 128 valence electrons. The minimum absolute atomic E-state index is 0.0475. The molecule has 4 rings (SSSR count). The smallest absolute Gasteiger partial charge is 0.239 e. The number of benzene rings is 3. The molecule has 0 saturated carbocycles. The summed E-state index contributed by atoms with van der Waals surface area (Å²) in [4.78, 5) is 4.69. The molecule has 1 aromatic heterocycles. The zero-order valence-electron chi connectivity index (χ0n) is 13.7. The van der Waals surface area contributed by atoms with E-state index in [2.05, 4.69) is 4.99 Å². The van der Waals surface area contributed by atoms with Crippen molar-refractivity contribution in [1.29, 1.82) is 0 Å². The van der Waals surface area contributed by atoms with Gasteiger partial charge in [0.1, 0.15) is 10.5 Å². The van der Waals surface area contributed by atoms with Gasteiger partial charge in [0.25, 0.3) is 0 Å². The molecular weight excluding hydrogens is 346 g/mol. The van der Waals surface area contributed by atoms with Crippen molar-refractivity contribution in [3.63, 3.8) is 0 Å². The molecule has 1 heterocycles. The van der Waals surface area contributed by atoms with Gasteiger partial charge in [-0.05, 0) is 36.4 Å². The summed E-state index contributed by atoms with van der Waals surface area (Å²) in [5.41, 5.74) is 1.27. The average molecular weight is 361 g/mol. The zero-order valence-corrected chi connectivity index (χ0v) is 14.6. The maximum atomic E-state index is 13.2. The first-order valence-electron chi connectivity index (χ1n) is 8.07. The van der Waals surface area contributed by atoms with Gasteiger partial charge in [-0.25, -0.2) is 13.4 Å². The predicted molar refractivity (Wildman–Crippen MR) is 99.8 cm³/mol. The van der Waals surface area contributed by atoms with E-state index in [4.69, 9.17) is 4.42 Å². The molecule has 4 aromatic rings. The minimum atomic E-state index is -3.77. The van der Waals surface area contributed by atoms with Crippen LogP contribution in [-0.2, 0) is 9.84 Å². The van der Waals surface area contributed by atoms with Crippen LogP contribution in [-0.4, -0.2) is 8.42 Å². The number of hydrogen-bond donors (Lipinski definition) is 0. The van der Waals surface area contributed by atoms with Gasteiger partial charge in [0, 0.05) is 5.39 Å². The topological polar surface area (TPSA) is 59.6 Å². The van der Waals surface area contributed by atoms with E-state index in [1.165, 1.54) is 0 Å². The maximum Gasteiger partial charge on any atom is 0.239 e. The highest BCUT2D eigenvalue weighted by Gasteiger charge is 2.22. The van der Waals surface area contributed by atoms with E-state index in [1.807, 2.05) is 36.4 Å². The number of fused-ring (bicyclic) bond motifs is 1. The third-order valence-corrected chi connectivity index (χ3v) is 5.72. The molecule has 0 unspecified atom stereocenters. The third kappa shape index (κ3) is 3.05. The summed E-state index contributed by atoms with van der Waals surface area (Å²) in [7, 11) is -3.77. The van der Waals surface area contributed by atoms with Gasteiger partial charge < -0.3 is 4.42 Å². The van der Waals surface area contributed by atoms with Crippen LogP contribution >= 0.6 is 0 Å². The molecule has 0 atom stereocenters. The van der Waals surface area contributed by atoms with Crippen molar-refractivity contribution in [3.05, 3.63) is 96.5 Å². The Morgan fingerprint density at radius 1 is 0.731 bits per heavy atom. The highest BCUT2D eigenvalue weighted by molar-refractivity contribution is 7.91. The van der Waals surface area contributed by atoms with Gasteiger partial charge in [-0.1, -0.05) is 54.6 Å². The van der Waals surface area contributed by atoms with Gasteiger partial charge in [0.2, 0.25) is 15.4 Å². The lowest BCUT2D eigenvalue weighted by Gasteiger charge is -2.07. The molecule has 0 N–H and O–H groups in total. The molecular formula is C21H15NO3S. The Labute approximate surface area is 151 Å². The Morgan fingerprint density at radius 3 is 2.08 bits per heavy atom. The second-order valence-corrected chi connectivity index (χ2v) is 7.64. The summed E-state index contributed by atoms with van der Waals surface area (Å²) in [6, 6.07) is 26.3. The predicted octanol–water partition coefficient (Wildman–Crippen LogP) is 4.50. The molecule has 26 heavy (non-hydrogen) atoms. The van der Waals surface area contributed by atoms with Gasteiger partial charge in [-0.3, -0.25) is 0 Å². The lowest BCUT2D eigenvalue weighted by atomic mass is 10.2. The molecule has 3 aromatic carbocycles. The Balaban J connectivity index is 2.05. The van der Waals surface area contributed by atoms with Crippen LogP contribution < -0.4 is 5.55 Å². The van der Waals surface area contributed by atoms with Crippen LogP contribution in [0.1, 0.15) is 0 Å². The molecule has 0 amide bonds. The first-order chi connectivity index (χ1) is 12.6. The highest BCUT2D eigenvalue weighted by Crippen LogP contribution is 2.22. The van der Waals surface area contributed by atoms with Crippen LogP contribution in [0.4, 0.5) is 5.69 Å². The maximum absolute atomic E-state index is 13.2. The van der Waals surface area contributed by atoms with Gasteiger partial charge in [-0.15, -0.1) is 0 Å². The monoisotopic (exact) mass is 361 g/mol. The van der Waals surface area contributed by atoms with Crippen molar-refractivity contribution in [2.24, 2.45) is 4.99 Å². The van der Waals surface area contributed by atoms with Gasteiger partial charge >= 0.3 is 0 Å². The molecule has 0 bridgehead atoms. The fourth-order valence-electron chi connectivity index (χ4n) is 2.67. The molecule has 0 spiro atoms. The molecule has 0 aliphatic heterocycles. The van der Waals surface area contributed by atoms with E-state index in [0.717, 1.165) is 0 Å². The van der Waals surface area contributed by atoms with E-state index < -0.39 is 9.84 Å². The lowest BCUT2D eigenvalue weighted by Crippen LogP contribution is -2.15. The summed E-state index contributed by atoms with van der Waals surface area (Å²) in [6.07, 6.45) is 0. The SMILES string of the molecule is O=S(=O)(c1ccccc1)c1cc2ccccc2oc1=Nc1ccccc1. The Bertz CT molecular complexity index is 1230. The van der Waals surface area contributed by atoms with Crippen LogP contribution in [0.3, 0.4) is 0 Å². The Morgan fingerprint density at radius 2 is 1.35 bits per heavy atom. The van der Waals surface area contributed by atoms with Crippen LogP contribution in [0.2, 0.25) is 0 Å². The molecule has 0 radical (unpaired) electrons. The second kappa shape index (κ2) is 6.61. The van der Waals surface area contributed by atoms with Crippen molar-refractivity contribution >= 4 is 26.5 Å². The summed E-state index contributed by atoms with van der Waals surface area (Å²) < 4.78 is 32.2. The second-order valence-electron chi connectivity index (χ2n) is 5.72. The molecule has 0 fully saturated rings. The zero-order chi connectivity index (χ0) is 18.0. The molecule has 0 aliphatic carbocycles. The number of sulfone groups is 1. The van der Waals surface area contributed by atoms with E-state index in [9.17, 15) is 8.42 Å². The van der Waals surface area contributed by atoms with Crippen molar-refractivity contribution in [1.82, 2.24) is 0 Å². The average Bonchev–Trinajstić information content (AvgIpc) is 2.69. The number of rotatable bonds is 3. The quantitative estimate of drug-likeness (QED) is 0.540. The van der Waals surface area contributed by atoms with Gasteiger partial charge in [0.15, 0.2) is 0 Å². The normalized spacial score (nSPS) is 12.4. The number of hydrogen-bond acceptors (Lipinski definition) is 4. The lowest BCUT2D eigenvalue weighted by molar-refractivity contribution is 0.517. The molecule has 0 saturated heterocycles. The first-order valence-corrected chi connectivity index (χ1v) is 9.56. The molecule has 5 heteroatoms. The molecule has 0 aliphatic rings. The van der Waals surface area contributed by atoms with E-state index in [1.54, 1.807) is 54.6 Å². The highest BCUT2D eigenvalue weighted by atomic mass is 32.2. The first kappa shape index (κ1) is 16.3. The van der Waals surface area contributed by atoms with Crippen LogP contribution in [0.5, 0.6) is 0 Å². The number of nitrogens with zero attached hydrogens (tertiary/aromatic N) is 1. The third-order valence-electron chi connectivity index (χ3n) is 3.95. The van der Waals surface area contributed by atoms with E-state index >= 15 is 0 Å². The van der Waals surface area contributed by atoms with E-state index in [-0.39, 0.29) is 15.3 Å². The summed E-state index contributed by atoms with van der Waals surface area (Å²) >= 11 is 0. The number of para-hydroxylation sites is 2. The minimum Gasteiger partial charge on any atom is -0.437 e. The van der Waals surface area contributed by atoms with Gasteiger partial charge in [-0.2, -0.15) is 0 Å². The van der Waals surface area contributed by atoms with Crippen molar-refractivity contribution in [2.75, 3.05) is 0 Å². The van der Waals surface area contributed by atoms with Crippen LogP contribution in [0, 0.1) is 0 Å². The summed E-state index contributed by atoms with van der Waals surface area (Å²) in [5, 5.41) is 0.703. The van der Waals surface area contributed by atoms with Crippen molar-refractivity contribution in [2.45, 2.75) is 9.79 Å². The Kier molecular flexibility index (Phi) is 4.14. The largest absolute Gasteiger partial charge is 0.437 e. The standard InChI is InChI=1S/C21H15NO3S/c23-26(24,18-12-5-2-6-13-18)20-15-16-9-7-8-14-19(16)25-21(20)22-17-10-3-1-4-11-17/h1-15H. The van der Waals surface area contributed by atoms with E-state index in [0.29, 0.717) is 16.7 Å². The Hall–Kier alpha value is -3.18. The molecule has 4 nitrogen and oxygen atoms in total. The summed E-state index contributed by atoms with van der Waals surface area (Å²) in [6.45, 7) is 0. The van der Waals surface area contributed by atoms with Crippen LogP contribution in [0.15, 0.2) is 110 Å². The van der Waals surface area contributed by atoms with Crippen molar-refractivity contribution < 1.29 is 12.8 Å². The summed E-state index contributed by atoms with van der Waals surface area (Å²) in [5.74, 6) is 0.